The summed E-state index contributed by atoms with van der Waals surface area (Å²) in [4.78, 5) is 13.9. The van der Waals surface area contributed by atoms with E-state index in [1.165, 1.54) is 5.57 Å². The molecule has 1 aliphatic rings. The molecule has 19 heavy (non-hydrogen) atoms. The molecule has 0 aliphatic heterocycles. The molecular formula is C16H19NO2. The van der Waals surface area contributed by atoms with Crippen LogP contribution >= 0.6 is 0 Å². The Hall–Kier alpha value is -2.03. The third kappa shape index (κ3) is 2.55. The second-order valence-corrected chi connectivity index (χ2v) is 4.83. The van der Waals surface area contributed by atoms with Crippen molar-refractivity contribution in [3.05, 3.63) is 47.2 Å². The molecule has 0 atom stereocenters. The van der Waals surface area contributed by atoms with Crippen LogP contribution in [0.25, 0.3) is 5.57 Å². The second-order valence-electron chi connectivity index (χ2n) is 4.83. The quantitative estimate of drug-likeness (QED) is 0.776. The molecule has 1 aromatic carbocycles. The Bertz CT molecular complexity index is 568. The van der Waals surface area contributed by atoms with Gasteiger partial charge in [0.05, 0.1) is 7.11 Å². The fraction of sp³-hybridized carbons (Fsp3) is 0.312. The summed E-state index contributed by atoms with van der Waals surface area (Å²) in [6, 6.07) is 5.69. The Kier molecular flexibility index (Phi) is 3.74. The zero-order valence-electron chi connectivity index (χ0n) is 11.9. The lowest BCUT2D eigenvalue weighted by Crippen LogP contribution is -2.11. The molecule has 0 unspecified atom stereocenters. The van der Waals surface area contributed by atoms with E-state index in [4.69, 9.17) is 4.74 Å². The molecule has 2 rings (SSSR count). The van der Waals surface area contributed by atoms with E-state index in [1.807, 2.05) is 32.3 Å². The summed E-state index contributed by atoms with van der Waals surface area (Å²) < 4.78 is 5.20. The SMILES string of the molecule is COc1ccc(C2=C(N(C)C)C=CC2)c(C(C)=O)c1. The van der Waals surface area contributed by atoms with Crippen molar-refractivity contribution in [2.45, 2.75) is 13.3 Å². The maximum absolute atomic E-state index is 11.9. The number of likely N-dealkylation sites (N-methyl/N-ethyl adjacent to an activating group) is 1. The van der Waals surface area contributed by atoms with E-state index in [2.05, 4.69) is 17.1 Å². The Morgan fingerprint density at radius 2 is 2.05 bits per heavy atom. The highest BCUT2D eigenvalue weighted by molar-refractivity contribution is 6.00. The number of methoxy groups -OCH3 is 1. The smallest absolute Gasteiger partial charge is 0.160 e. The van der Waals surface area contributed by atoms with E-state index in [-0.39, 0.29) is 5.78 Å². The Morgan fingerprint density at radius 3 is 2.63 bits per heavy atom. The van der Waals surface area contributed by atoms with Gasteiger partial charge in [-0.3, -0.25) is 4.79 Å². The van der Waals surface area contributed by atoms with Gasteiger partial charge in [-0.15, -0.1) is 0 Å². The van der Waals surface area contributed by atoms with Crippen LogP contribution in [0.2, 0.25) is 0 Å². The number of carbonyl (C=O) groups is 1. The van der Waals surface area contributed by atoms with Gasteiger partial charge in [-0.25, -0.2) is 0 Å². The predicted octanol–water partition coefficient (Wildman–Crippen LogP) is 3.13. The molecule has 0 spiro atoms. The number of Topliss-reactive ketones (excluding diaryl/α,β-unsaturated/α-hetero) is 1. The van der Waals surface area contributed by atoms with Gasteiger partial charge in [-0.2, -0.15) is 0 Å². The standard InChI is InChI=1S/C16H19NO2/c1-11(18)15-10-12(19-4)8-9-13(15)14-6-5-7-16(14)17(2)3/h5,7-10H,6H2,1-4H3. The summed E-state index contributed by atoms with van der Waals surface area (Å²) in [6.45, 7) is 1.59. The van der Waals surface area contributed by atoms with Gasteiger partial charge in [-0.05, 0) is 42.7 Å². The van der Waals surface area contributed by atoms with Crippen molar-refractivity contribution < 1.29 is 9.53 Å². The van der Waals surface area contributed by atoms with Crippen LogP contribution in [0.3, 0.4) is 0 Å². The van der Waals surface area contributed by atoms with Crippen LogP contribution < -0.4 is 4.74 Å². The van der Waals surface area contributed by atoms with Crippen LogP contribution in [0.1, 0.15) is 29.3 Å². The van der Waals surface area contributed by atoms with Crippen LogP contribution in [0.15, 0.2) is 36.0 Å². The van der Waals surface area contributed by atoms with Crippen LogP contribution in [0, 0.1) is 0 Å². The number of hydrogen-bond acceptors (Lipinski definition) is 3. The molecule has 0 heterocycles. The van der Waals surface area contributed by atoms with Crippen LogP contribution in [-0.4, -0.2) is 31.9 Å². The third-order valence-electron chi connectivity index (χ3n) is 3.32. The Labute approximate surface area is 114 Å². The van der Waals surface area contributed by atoms with Crippen molar-refractivity contribution in [3.8, 4) is 5.75 Å². The number of ether oxygens (including phenoxy) is 1. The monoisotopic (exact) mass is 257 g/mol. The van der Waals surface area contributed by atoms with Crippen LogP contribution in [0.4, 0.5) is 0 Å². The lowest BCUT2D eigenvalue weighted by molar-refractivity contribution is 0.101. The first-order valence-electron chi connectivity index (χ1n) is 6.31. The van der Waals surface area contributed by atoms with E-state index in [0.717, 1.165) is 23.2 Å². The fourth-order valence-corrected chi connectivity index (χ4v) is 2.37. The summed E-state index contributed by atoms with van der Waals surface area (Å²) in [5.41, 5.74) is 4.07. The number of carbonyl (C=O) groups excluding carboxylic acids is 1. The van der Waals surface area contributed by atoms with Gasteiger partial charge in [0, 0.05) is 25.4 Å². The highest BCUT2D eigenvalue weighted by Crippen LogP contribution is 2.33. The minimum absolute atomic E-state index is 0.0615. The lowest BCUT2D eigenvalue weighted by Gasteiger charge is -2.18. The van der Waals surface area contributed by atoms with Gasteiger partial charge in [-0.1, -0.05) is 12.1 Å². The number of allylic oxidation sites excluding steroid dienone is 3. The zero-order valence-corrected chi connectivity index (χ0v) is 11.9. The number of nitrogens with zero attached hydrogens (tertiary/aromatic N) is 1. The summed E-state index contributed by atoms with van der Waals surface area (Å²) in [7, 11) is 5.64. The molecule has 0 amide bonds. The van der Waals surface area contributed by atoms with Gasteiger partial charge in [0.15, 0.2) is 5.78 Å². The molecule has 3 heteroatoms. The number of benzene rings is 1. The average Bonchev–Trinajstić information content (AvgIpc) is 2.87. The van der Waals surface area contributed by atoms with Crippen molar-refractivity contribution in [2.75, 3.05) is 21.2 Å². The van der Waals surface area contributed by atoms with E-state index in [1.54, 1.807) is 14.0 Å². The first kappa shape index (κ1) is 13.4. The van der Waals surface area contributed by atoms with Crippen LogP contribution in [-0.2, 0) is 0 Å². The fourth-order valence-electron chi connectivity index (χ4n) is 2.37. The van der Waals surface area contributed by atoms with E-state index < -0.39 is 0 Å². The van der Waals surface area contributed by atoms with Gasteiger partial charge in [0.25, 0.3) is 0 Å². The van der Waals surface area contributed by atoms with E-state index in [0.29, 0.717) is 5.75 Å². The van der Waals surface area contributed by atoms with Crippen LogP contribution in [0.5, 0.6) is 5.75 Å². The highest BCUT2D eigenvalue weighted by Gasteiger charge is 2.18. The molecule has 1 aromatic rings. The first-order valence-corrected chi connectivity index (χ1v) is 6.31. The number of rotatable bonds is 4. The Morgan fingerprint density at radius 1 is 1.32 bits per heavy atom. The molecule has 0 bridgehead atoms. The Balaban J connectivity index is 2.57. The van der Waals surface area contributed by atoms with Gasteiger partial charge < -0.3 is 9.64 Å². The molecule has 1 aliphatic carbocycles. The highest BCUT2D eigenvalue weighted by atomic mass is 16.5. The topological polar surface area (TPSA) is 29.5 Å². The van der Waals surface area contributed by atoms with E-state index >= 15 is 0 Å². The molecule has 0 aromatic heterocycles. The number of hydrogen-bond donors (Lipinski definition) is 0. The summed E-state index contributed by atoms with van der Waals surface area (Å²) in [5, 5.41) is 0. The maximum atomic E-state index is 11.9. The minimum atomic E-state index is 0.0615. The lowest BCUT2D eigenvalue weighted by atomic mass is 9.95. The largest absolute Gasteiger partial charge is 0.497 e. The van der Waals surface area contributed by atoms with Crippen molar-refractivity contribution in [3.63, 3.8) is 0 Å². The maximum Gasteiger partial charge on any atom is 0.160 e. The number of ketones is 1. The molecule has 0 N–H and O–H groups in total. The van der Waals surface area contributed by atoms with Gasteiger partial charge >= 0.3 is 0 Å². The minimum Gasteiger partial charge on any atom is -0.497 e. The normalized spacial score (nSPS) is 13.9. The molecule has 0 radical (unpaired) electrons. The van der Waals surface area contributed by atoms with Crippen molar-refractivity contribution >= 4 is 11.4 Å². The predicted molar refractivity (Wildman–Crippen MR) is 77.4 cm³/mol. The summed E-state index contributed by atoms with van der Waals surface area (Å²) in [5.74, 6) is 0.776. The van der Waals surface area contributed by atoms with Gasteiger partial charge in [0.1, 0.15) is 5.75 Å². The van der Waals surface area contributed by atoms with Crippen molar-refractivity contribution in [1.29, 1.82) is 0 Å². The third-order valence-corrected chi connectivity index (χ3v) is 3.32. The summed E-state index contributed by atoms with van der Waals surface area (Å²) >= 11 is 0. The average molecular weight is 257 g/mol. The first-order chi connectivity index (χ1) is 9.04. The zero-order chi connectivity index (χ0) is 14.0. The second kappa shape index (κ2) is 5.31. The molecule has 100 valence electrons. The van der Waals surface area contributed by atoms with E-state index in [9.17, 15) is 4.79 Å². The van der Waals surface area contributed by atoms with Crippen molar-refractivity contribution in [2.24, 2.45) is 0 Å². The molecule has 3 nitrogen and oxygen atoms in total. The van der Waals surface area contributed by atoms with Crippen molar-refractivity contribution in [1.82, 2.24) is 4.90 Å². The molecule has 0 saturated heterocycles. The molecule has 0 saturated carbocycles. The molecular weight excluding hydrogens is 238 g/mol. The van der Waals surface area contributed by atoms with Gasteiger partial charge in [0.2, 0.25) is 0 Å². The molecule has 0 fully saturated rings. The summed E-state index contributed by atoms with van der Waals surface area (Å²) in [6.07, 6.45) is 5.09.